The Balaban J connectivity index is 0.000000220. The topological polar surface area (TPSA) is 88.4 Å². The normalized spacial score (nSPS) is 18.5. The van der Waals surface area contributed by atoms with Crippen LogP contribution in [0.25, 0.3) is 0 Å². The highest BCUT2D eigenvalue weighted by Crippen LogP contribution is 2.34. The number of amides is 1. The van der Waals surface area contributed by atoms with Crippen LogP contribution in [0.1, 0.15) is 83.5 Å². The van der Waals surface area contributed by atoms with E-state index in [1.165, 1.54) is 36.8 Å². The molecule has 6 heteroatoms. The van der Waals surface area contributed by atoms with Crippen molar-refractivity contribution in [1.29, 1.82) is 0 Å². The molecule has 2 aromatic carbocycles. The van der Waals surface area contributed by atoms with Gasteiger partial charge in [-0.1, -0.05) is 60.7 Å². The number of ether oxygens (including phenoxy) is 1. The number of rotatable bonds is 11. The lowest BCUT2D eigenvalue weighted by molar-refractivity contribution is 0.0520. The van der Waals surface area contributed by atoms with Crippen LogP contribution in [0.5, 0.6) is 0 Å². The summed E-state index contributed by atoms with van der Waals surface area (Å²) >= 11 is 0. The standard InChI is InChI=1S/C18H28N2O2.C13H20N2/c1-13(14-8-6-5-7-9-14)20-16(15-10-11-15)12-19-17(21)22-18(2,3)4;1-10(11-5-3-2-4-6-11)15-13(9-14)12-7-8-12/h5-9,13,15-16,20H,10-12H2,1-4H3,(H,19,21);2-6,10,12-13,15H,7-9,14H2,1H3. The highest BCUT2D eigenvalue weighted by Gasteiger charge is 2.33. The van der Waals surface area contributed by atoms with Gasteiger partial charge in [-0.25, -0.2) is 4.79 Å². The van der Waals surface area contributed by atoms with Crippen LogP contribution >= 0.6 is 0 Å². The Morgan fingerprint density at radius 2 is 1.27 bits per heavy atom. The molecule has 2 saturated carbocycles. The van der Waals surface area contributed by atoms with Gasteiger partial charge in [0, 0.05) is 37.3 Å². The van der Waals surface area contributed by atoms with E-state index in [9.17, 15) is 4.79 Å². The molecule has 0 aromatic heterocycles. The zero-order valence-electron chi connectivity index (χ0n) is 23.4. The van der Waals surface area contributed by atoms with Crippen LogP contribution in [0, 0.1) is 11.8 Å². The van der Waals surface area contributed by atoms with E-state index >= 15 is 0 Å². The zero-order valence-corrected chi connectivity index (χ0v) is 23.4. The molecule has 37 heavy (non-hydrogen) atoms. The second-order valence-corrected chi connectivity index (χ2v) is 11.6. The number of alkyl carbamates (subject to hydrolysis) is 1. The first-order valence-corrected chi connectivity index (χ1v) is 13.9. The molecule has 6 nitrogen and oxygen atoms in total. The SMILES string of the molecule is CC(NC(CN)C1CC1)c1ccccc1.CC(NC(CNC(=O)OC(C)(C)C)C1CC1)c1ccccc1. The van der Waals surface area contributed by atoms with E-state index in [2.05, 4.69) is 84.4 Å². The molecule has 2 aromatic rings. The fraction of sp³-hybridized carbons (Fsp3) is 0.581. The lowest BCUT2D eigenvalue weighted by Gasteiger charge is -2.25. The van der Waals surface area contributed by atoms with Gasteiger partial charge in [0.1, 0.15) is 5.60 Å². The smallest absolute Gasteiger partial charge is 0.407 e. The van der Waals surface area contributed by atoms with Crippen LogP contribution in [-0.4, -0.2) is 36.9 Å². The van der Waals surface area contributed by atoms with Crippen LogP contribution in [-0.2, 0) is 4.74 Å². The van der Waals surface area contributed by atoms with Crippen molar-refractivity contribution >= 4 is 6.09 Å². The highest BCUT2D eigenvalue weighted by molar-refractivity contribution is 5.67. The summed E-state index contributed by atoms with van der Waals surface area (Å²) in [5.74, 6) is 1.47. The van der Waals surface area contributed by atoms with Crippen LogP contribution in [0.2, 0.25) is 0 Å². The Morgan fingerprint density at radius 1 is 0.838 bits per heavy atom. The van der Waals surface area contributed by atoms with Gasteiger partial charge in [-0.3, -0.25) is 0 Å². The number of nitrogens with two attached hydrogens (primary N) is 1. The molecule has 2 fully saturated rings. The van der Waals surface area contributed by atoms with Crippen molar-refractivity contribution in [2.75, 3.05) is 13.1 Å². The maximum absolute atomic E-state index is 11.8. The van der Waals surface area contributed by atoms with E-state index in [4.69, 9.17) is 10.5 Å². The fourth-order valence-electron chi connectivity index (χ4n) is 4.58. The summed E-state index contributed by atoms with van der Waals surface area (Å²) in [6.45, 7) is 11.4. The van der Waals surface area contributed by atoms with Crippen molar-refractivity contribution in [1.82, 2.24) is 16.0 Å². The number of hydrogen-bond donors (Lipinski definition) is 4. The highest BCUT2D eigenvalue weighted by atomic mass is 16.6. The van der Waals surface area contributed by atoms with Crippen LogP contribution in [0.3, 0.4) is 0 Å². The number of hydrogen-bond acceptors (Lipinski definition) is 5. The Labute approximate surface area is 224 Å². The van der Waals surface area contributed by atoms with Crippen molar-refractivity contribution in [3.8, 4) is 0 Å². The Kier molecular flexibility index (Phi) is 11.0. The minimum Gasteiger partial charge on any atom is -0.444 e. The van der Waals surface area contributed by atoms with Crippen molar-refractivity contribution in [2.24, 2.45) is 17.6 Å². The second-order valence-electron chi connectivity index (χ2n) is 11.6. The lowest BCUT2D eigenvalue weighted by atomic mass is 10.1. The maximum Gasteiger partial charge on any atom is 0.407 e. The minimum atomic E-state index is -0.454. The molecule has 4 unspecified atom stereocenters. The average Bonchev–Trinajstić information content (AvgIpc) is 3.79. The fourth-order valence-corrected chi connectivity index (χ4v) is 4.58. The summed E-state index contributed by atoms with van der Waals surface area (Å²) in [4.78, 5) is 11.8. The molecule has 5 N–H and O–H groups in total. The van der Waals surface area contributed by atoms with Crippen molar-refractivity contribution in [3.63, 3.8) is 0 Å². The minimum absolute atomic E-state index is 0.271. The molecule has 4 rings (SSSR count). The third-order valence-corrected chi connectivity index (χ3v) is 7.03. The predicted octanol–water partition coefficient (Wildman–Crippen LogP) is 5.72. The molecule has 0 aliphatic heterocycles. The summed E-state index contributed by atoms with van der Waals surface area (Å²) < 4.78 is 5.30. The van der Waals surface area contributed by atoms with E-state index in [-0.39, 0.29) is 12.1 Å². The first kappa shape index (κ1) is 29.2. The Morgan fingerprint density at radius 3 is 1.68 bits per heavy atom. The second kappa shape index (κ2) is 13.9. The summed E-state index contributed by atoms with van der Waals surface area (Å²) in [5.41, 5.74) is 7.94. The van der Waals surface area contributed by atoms with Gasteiger partial charge in [0.2, 0.25) is 0 Å². The largest absolute Gasteiger partial charge is 0.444 e. The van der Waals surface area contributed by atoms with Gasteiger partial charge < -0.3 is 26.4 Å². The first-order chi connectivity index (χ1) is 17.7. The number of nitrogens with one attached hydrogen (secondary N) is 3. The van der Waals surface area contributed by atoms with E-state index in [1.807, 2.05) is 26.8 Å². The van der Waals surface area contributed by atoms with E-state index in [1.54, 1.807) is 0 Å². The summed E-state index contributed by atoms with van der Waals surface area (Å²) in [5, 5.41) is 10.2. The average molecular weight is 509 g/mol. The van der Waals surface area contributed by atoms with Crippen molar-refractivity contribution < 1.29 is 9.53 Å². The summed E-state index contributed by atoms with van der Waals surface area (Å²) in [6.07, 6.45) is 4.81. The van der Waals surface area contributed by atoms with Crippen LogP contribution in [0.15, 0.2) is 60.7 Å². The zero-order chi connectivity index (χ0) is 26.8. The van der Waals surface area contributed by atoms with Gasteiger partial charge >= 0.3 is 6.09 Å². The van der Waals surface area contributed by atoms with Gasteiger partial charge in [0.25, 0.3) is 0 Å². The van der Waals surface area contributed by atoms with Gasteiger partial charge in [-0.15, -0.1) is 0 Å². The molecule has 0 saturated heterocycles. The molecule has 204 valence electrons. The number of carbonyl (C=O) groups is 1. The van der Waals surface area contributed by atoms with Crippen molar-refractivity contribution in [2.45, 2.75) is 90.1 Å². The number of carbonyl (C=O) groups excluding carboxylic acids is 1. The van der Waals surface area contributed by atoms with Gasteiger partial charge in [-0.05, 0) is 83.3 Å². The first-order valence-electron chi connectivity index (χ1n) is 13.9. The molecule has 0 heterocycles. The quantitative estimate of drug-likeness (QED) is 0.312. The van der Waals surface area contributed by atoms with Crippen molar-refractivity contribution in [3.05, 3.63) is 71.8 Å². The Bertz CT molecular complexity index is 923. The van der Waals surface area contributed by atoms with Crippen LogP contribution < -0.4 is 21.7 Å². The van der Waals surface area contributed by atoms with Gasteiger partial charge in [0.15, 0.2) is 0 Å². The maximum atomic E-state index is 11.8. The van der Waals surface area contributed by atoms with E-state index in [0.717, 1.165) is 12.5 Å². The molecular weight excluding hydrogens is 460 g/mol. The third-order valence-electron chi connectivity index (χ3n) is 7.03. The molecule has 4 atom stereocenters. The van der Waals surface area contributed by atoms with E-state index in [0.29, 0.717) is 30.6 Å². The lowest BCUT2D eigenvalue weighted by Crippen LogP contribution is -2.44. The van der Waals surface area contributed by atoms with Gasteiger partial charge in [-0.2, -0.15) is 0 Å². The molecule has 2 aliphatic rings. The summed E-state index contributed by atoms with van der Waals surface area (Å²) in [6, 6.07) is 22.4. The number of benzene rings is 2. The van der Waals surface area contributed by atoms with Crippen LogP contribution in [0.4, 0.5) is 4.79 Å². The Hall–Kier alpha value is -2.41. The molecule has 2 aliphatic carbocycles. The molecule has 0 spiro atoms. The monoisotopic (exact) mass is 508 g/mol. The van der Waals surface area contributed by atoms with Gasteiger partial charge in [0.05, 0.1) is 0 Å². The molecule has 0 radical (unpaired) electrons. The third kappa shape index (κ3) is 10.8. The van der Waals surface area contributed by atoms with E-state index < -0.39 is 5.60 Å². The predicted molar refractivity (Wildman–Crippen MR) is 152 cm³/mol. The summed E-state index contributed by atoms with van der Waals surface area (Å²) in [7, 11) is 0. The molecule has 0 bridgehead atoms. The molecule has 1 amide bonds. The molecular formula is C31H48N4O2.